The Kier molecular flexibility index (Phi) is 12.2. The number of halogens is 2. The molecule has 0 amide bonds. The zero-order valence-corrected chi connectivity index (χ0v) is 36.1. The molecule has 61 heavy (non-hydrogen) atoms. The fourth-order valence-corrected chi connectivity index (χ4v) is 11.8. The molecule has 9 nitrogen and oxygen atoms in total. The molecule has 4 aliphatic rings. The molecule has 0 bridgehead atoms. The highest BCUT2D eigenvalue weighted by atomic mass is 35.5. The highest BCUT2D eigenvalue weighted by Gasteiger charge is 2.77. The summed E-state index contributed by atoms with van der Waals surface area (Å²) in [4.78, 5) is 54.6. The van der Waals surface area contributed by atoms with Gasteiger partial charge in [0.1, 0.15) is 5.54 Å². The van der Waals surface area contributed by atoms with E-state index in [1.165, 1.54) is 12.2 Å². The molecular weight excluding hydrogens is 795 g/mol. The Labute approximate surface area is 362 Å². The number of fused-ring (bicyclic) bond motifs is 5. The van der Waals surface area contributed by atoms with E-state index in [1.807, 2.05) is 49.8 Å². The van der Waals surface area contributed by atoms with Crippen molar-refractivity contribution in [2.75, 3.05) is 6.61 Å². The molecule has 1 N–H and O–H groups in total. The number of carbonyl (C=O) groups is 4. The number of alkyl halides is 1. The summed E-state index contributed by atoms with van der Waals surface area (Å²) in [6.07, 6.45) is 9.96. The van der Waals surface area contributed by atoms with Gasteiger partial charge in [0.25, 0.3) is 0 Å². The quantitative estimate of drug-likeness (QED) is 0.124. The Balaban J connectivity index is 0.000000196. The minimum Gasteiger partial charge on any atom is -0.457 e. The fourth-order valence-electron chi connectivity index (χ4n) is 11.5. The van der Waals surface area contributed by atoms with Gasteiger partial charge >= 0.3 is 11.9 Å². The maximum atomic E-state index is 17.4. The summed E-state index contributed by atoms with van der Waals surface area (Å²) in [6.45, 7) is 8.05. The molecule has 0 saturated heterocycles. The van der Waals surface area contributed by atoms with E-state index in [9.17, 15) is 24.3 Å². The number of aromatic nitrogens is 2. The summed E-state index contributed by atoms with van der Waals surface area (Å²) in [5, 5.41) is 12.3. The molecule has 0 radical (unpaired) electrons. The smallest absolute Gasteiger partial charge is 0.306 e. The van der Waals surface area contributed by atoms with Crippen LogP contribution in [0.4, 0.5) is 4.39 Å². The Hall–Kier alpha value is -5.19. The third kappa shape index (κ3) is 6.90. The number of aliphatic hydroxyl groups is 1. The summed E-state index contributed by atoms with van der Waals surface area (Å²) in [5.41, 5.74) is -2.56. The number of rotatable bonds is 10. The molecule has 0 spiro atoms. The van der Waals surface area contributed by atoms with Crippen molar-refractivity contribution in [2.24, 2.45) is 28.6 Å². The zero-order chi connectivity index (χ0) is 43.8. The number of carbonyl (C=O) groups excluding carboxylic acids is 4. The maximum absolute atomic E-state index is 17.4. The number of esters is 2. The van der Waals surface area contributed by atoms with E-state index >= 15 is 4.39 Å². The average Bonchev–Trinajstić information content (AvgIpc) is 3.88. The monoisotopic (exact) mass is 848 g/mol. The highest BCUT2D eigenvalue weighted by Crippen LogP contribution is 2.71. The second-order valence-corrected chi connectivity index (χ2v) is 17.7. The summed E-state index contributed by atoms with van der Waals surface area (Å²) in [6, 6.07) is 28.8. The van der Waals surface area contributed by atoms with Gasteiger partial charge < -0.3 is 19.1 Å². The standard InChI is InChI=1S/C28H37FO7.C22H17ClN2/c1-6-23(33)35-15-22(32)28(36-24(34)7-2)16(3)12-20-19-9-8-17-13-18(30)10-11-25(17,4)27(19,29)21(31)14-26(20,28)5;23-21-14-8-7-13-20(21)22(25-16-15-24-17-25,18-9-3-1-4-10-18)19-11-5-2-6-12-19/h10-11,13,16,19-21,31H,6-9,12,14-15H2,1-5H3;1-17H/t16-,19-,20-,21-,25-,26-,27-,28-;/m0./s1. The van der Waals surface area contributed by atoms with E-state index < -0.39 is 69.9 Å². The second-order valence-electron chi connectivity index (χ2n) is 17.3. The van der Waals surface area contributed by atoms with Crippen molar-refractivity contribution >= 4 is 35.1 Å². The predicted octanol–water partition coefficient (Wildman–Crippen LogP) is 9.19. The van der Waals surface area contributed by atoms with E-state index in [1.54, 1.807) is 40.0 Å². The van der Waals surface area contributed by atoms with Crippen LogP contribution in [0, 0.1) is 28.6 Å². The molecule has 1 heterocycles. The summed E-state index contributed by atoms with van der Waals surface area (Å²) in [7, 11) is 0. The average molecular weight is 849 g/mol. The second kappa shape index (κ2) is 16.9. The Morgan fingerprint density at radius 2 is 1.56 bits per heavy atom. The van der Waals surface area contributed by atoms with Crippen molar-refractivity contribution in [3.63, 3.8) is 0 Å². The molecule has 0 aliphatic heterocycles. The van der Waals surface area contributed by atoms with Crippen LogP contribution in [0.25, 0.3) is 0 Å². The van der Waals surface area contributed by atoms with E-state index in [2.05, 4.69) is 64.1 Å². The molecule has 0 unspecified atom stereocenters. The van der Waals surface area contributed by atoms with Crippen molar-refractivity contribution in [3.05, 3.63) is 149 Å². The van der Waals surface area contributed by atoms with Crippen molar-refractivity contribution in [2.45, 2.75) is 96.1 Å². The lowest BCUT2D eigenvalue weighted by atomic mass is 9.44. The Morgan fingerprint density at radius 1 is 0.934 bits per heavy atom. The number of ketones is 2. The van der Waals surface area contributed by atoms with Gasteiger partial charge in [0.05, 0.1) is 12.4 Å². The van der Waals surface area contributed by atoms with E-state index in [0.29, 0.717) is 24.8 Å². The largest absolute Gasteiger partial charge is 0.457 e. The number of hydrogen-bond acceptors (Lipinski definition) is 8. The van der Waals surface area contributed by atoms with Crippen LogP contribution in [-0.4, -0.2) is 62.1 Å². The molecule has 8 rings (SSSR count). The van der Waals surface area contributed by atoms with Crippen LogP contribution in [0.5, 0.6) is 0 Å². The SMILES string of the molecule is CCC(=O)OCC(=O)[C@@]1(OC(=O)CC)[C@@H](C)C[C@H]2[C@@H]3CCC4=CC(=O)C=C[C@]4(C)[C@@]3(F)[C@@H](O)C[C@@]21C.Clc1ccccc1C(c1ccccc1)(c1ccccc1)n1ccnc1. The lowest BCUT2D eigenvalue weighted by molar-refractivity contribution is -0.228. The number of allylic oxidation sites excluding steroid dienone is 4. The maximum Gasteiger partial charge on any atom is 0.306 e. The van der Waals surface area contributed by atoms with Crippen LogP contribution in [0.1, 0.15) is 89.8 Å². The molecule has 4 aromatic rings. The number of nitrogens with zero attached hydrogens (tertiary/aromatic N) is 2. The van der Waals surface area contributed by atoms with E-state index in [0.717, 1.165) is 21.7 Å². The van der Waals surface area contributed by atoms with Crippen molar-refractivity contribution in [3.8, 4) is 0 Å². The first-order chi connectivity index (χ1) is 29.1. The number of hydrogen-bond donors (Lipinski definition) is 1. The zero-order valence-electron chi connectivity index (χ0n) is 35.4. The van der Waals surface area contributed by atoms with Crippen LogP contribution >= 0.6 is 11.6 Å². The van der Waals surface area contributed by atoms with Crippen molar-refractivity contribution < 1.29 is 38.1 Å². The first kappa shape index (κ1) is 43.9. The summed E-state index contributed by atoms with van der Waals surface area (Å²) in [5.74, 6) is -3.31. The molecular formula is C50H54ClFN2O7. The minimum atomic E-state index is -2.05. The minimum absolute atomic E-state index is 0.0430. The molecule has 3 aromatic carbocycles. The van der Waals surface area contributed by atoms with E-state index in [4.69, 9.17) is 21.1 Å². The molecule has 3 saturated carbocycles. The van der Waals surface area contributed by atoms with E-state index in [-0.39, 0.29) is 31.0 Å². The molecule has 8 atom stereocenters. The number of benzene rings is 3. The highest BCUT2D eigenvalue weighted by molar-refractivity contribution is 6.31. The molecule has 320 valence electrons. The van der Waals surface area contributed by atoms with Gasteiger partial charge in [0.2, 0.25) is 5.78 Å². The molecule has 4 aliphatic carbocycles. The van der Waals surface area contributed by atoms with Gasteiger partial charge in [-0.05, 0) is 67.9 Å². The van der Waals surface area contributed by atoms with Crippen LogP contribution in [-0.2, 0) is 34.2 Å². The Bertz CT molecular complexity index is 2290. The van der Waals surface area contributed by atoms with Crippen molar-refractivity contribution in [1.82, 2.24) is 9.55 Å². The van der Waals surface area contributed by atoms with Gasteiger partial charge in [-0.1, -0.05) is 130 Å². The van der Waals surface area contributed by atoms with Gasteiger partial charge in [-0.3, -0.25) is 19.2 Å². The van der Waals surface area contributed by atoms with Gasteiger partial charge in [0, 0.05) is 58.5 Å². The Morgan fingerprint density at radius 3 is 2.15 bits per heavy atom. The van der Waals surface area contributed by atoms with Crippen LogP contribution in [0.15, 0.2) is 127 Å². The summed E-state index contributed by atoms with van der Waals surface area (Å²) < 4.78 is 30.6. The number of aliphatic hydroxyl groups excluding tert-OH is 1. The third-order valence-corrected chi connectivity index (χ3v) is 14.7. The van der Waals surface area contributed by atoms with Crippen LogP contribution in [0.3, 0.4) is 0 Å². The van der Waals surface area contributed by atoms with Gasteiger partial charge in [0.15, 0.2) is 23.7 Å². The lowest BCUT2D eigenvalue weighted by Gasteiger charge is -2.62. The normalized spacial score (nSPS) is 30.1. The van der Waals surface area contributed by atoms with Gasteiger partial charge in [-0.2, -0.15) is 0 Å². The van der Waals surface area contributed by atoms with Gasteiger partial charge in [-0.15, -0.1) is 0 Å². The topological polar surface area (TPSA) is 125 Å². The number of imidazole rings is 1. The molecule has 3 fully saturated rings. The molecule has 1 aromatic heterocycles. The first-order valence-electron chi connectivity index (χ1n) is 21.2. The lowest BCUT2D eigenvalue weighted by Crippen LogP contribution is -2.70. The number of Topliss-reactive ketones (excluding diaryl/α,β-unsaturated/α-hetero) is 1. The first-order valence-corrected chi connectivity index (χ1v) is 21.6. The van der Waals surface area contributed by atoms with Gasteiger partial charge in [-0.25, -0.2) is 9.37 Å². The predicted molar refractivity (Wildman–Crippen MR) is 230 cm³/mol. The number of ether oxygens (including phenoxy) is 2. The fraction of sp³-hybridized carbons (Fsp3) is 0.420. The summed E-state index contributed by atoms with van der Waals surface area (Å²) >= 11 is 6.69. The third-order valence-electron chi connectivity index (χ3n) is 14.4. The molecule has 11 heteroatoms. The van der Waals surface area contributed by atoms with Crippen LogP contribution < -0.4 is 0 Å². The van der Waals surface area contributed by atoms with Crippen LogP contribution in [0.2, 0.25) is 5.02 Å². The van der Waals surface area contributed by atoms with Crippen molar-refractivity contribution in [1.29, 1.82) is 0 Å².